The van der Waals surface area contributed by atoms with Crippen molar-refractivity contribution >= 4 is 24.3 Å². The lowest BCUT2D eigenvalue weighted by molar-refractivity contribution is 0.0502. The molecule has 0 saturated carbocycles. The van der Waals surface area contributed by atoms with Gasteiger partial charge in [-0.2, -0.15) is 0 Å². The van der Waals surface area contributed by atoms with Gasteiger partial charge in [-0.25, -0.2) is 0 Å². The van der Waals surface area contributed by atoms with Crippen molar-refractivity contribution in [2.24, 2.45) is 0 Å². The van der Waals surface area contributed by atoms with Crippen LogP contribution in [0, 0.1) is 0 Å². The predicted octanol–water partition coefficient (Wildman–Crippen LogP) is 4.61. The van der Waals surface area contributed by atoms with Crippen molar-refractivity contribution < 1.29 is 24.1 Å². The van der Waals surface area contributed by atoms with Crippen LogP contribution in [0.1, 0.15) is 35.3 Å². The van der Waals surface area contributed by atoms with Crippen LogP contribution in [-0.4, -0.2) is 36.9 Å². The van der Waals surface area contributed by atoms with E-state index in [2.05, 4.69) is 4.98 Å². The van der Waals surface area contributed by atoms with Crippen molar-refractivity contribution in [3.8, 4) is 17.2 Å². The molecule has 1 heterocycles. The van der Waals surface area contributed by atoms with Gasteiger partial charge in [0, 0.05) is 36.7 Å². The van der Waals surface area contributed by atoms with Gasteiger partial charge in [0.25, 0.3) is 0 Å². The van der Waals surface area contributed by atoms with Crippen LogP contribution in [0.3, 0.4) is 0 Å². The number of allylic oxidation sites excluding steroid dienone is 3. The number of aromatic nitrogens is 1. The number of carbonyl (C=O) groups excluding carboxylic acids is 1. The Hall–Kier alpha value is -2.83. The molecule has 29 heavy (non-hydrogen) atoms. The van der Waals surface area contributed by atoms with Gasteiger partial charge in [-0.3, -0.25) is 9.78 Å². The summed E-state index contributed by atoms with van der Waals surface area (Å²) < 4.78 is 16.0. The van der Waals surface area contributed by atoms with Crippen LogP contribution in [0.5, 0.6) is 17.2 Å². The Bertz CT molecular complexity index is 875. The molecule has 0 amide bonds. The lowest BCUT2D eigenvalue weighted by Gasteiger charge is -2.16. The minimum atomic E-state index is -0.200. The SMILES string of the molecule is COCOc1cc(OC)c(C=CC(=O)c2ccncc2)c(O)c1CC=C(C)C.Cl. The molecular weight excluding hydrogens is 394 g/mol. The highest BCUT2D eigenvalue weighted by molar-refractivity contribution is 6.07. The van der Waals surface area contributed by atoms with Gasteiger partial charge < -0.3 is 19.3 Å². The number of nitrogens with zero attached hydrogens (tertiary/aromatic N) is 1. The average Bonchev–Trinajstić information content (AvgIpc) is 2.70. The van der Waals surface area contributed by atoms with Gasteiger partial charge in [0.1, 0.15) is 17.2 Å². The standard InChI is InChI=1S/C22H25NO5.ClH/c1-15(2)5-6-18-21(28-14-26-3)13-20(27-4)17(22(18)25)7-8-19(24)16-9-11-23-12-10-16;/h5,7-13,25H,6,14H2,1-4H3;1H. The number of carbonyl (C=O) groups is 1. The summed E-state index contributed by atoms with van der Waals surface area (Å²) >= 11 is 0. The van der Waals surface area contributed by atoms with Crippen molar-refractivity contribution in [1.29, 1.82) is 0 Å². The first-order chi connectivity index (χ1) is 13.5. The second kappa shape index (κ2) is 11.9. The molecule has 1 aromatic carbocycles. The van der Waals surface area contributed by atoms with Crippen LogP contribution in [0.25, 0.3) is 6.08 Å². The topological polar surface area (TPSA) is 77.9 Å². The van der Waals surface area contributed by atoms with Crippen molar-refractivity contribution in [3.63, 3.8) is 0 Å². The Morgan fingerprint density at radius 3 is 2.45 bits per heavy atom. The minimum Gasteiger partial charge on any atom is -0.507 e. The molecule has 0 unspecified atom stereocenters. The van der Waals surface area contributed by atoms with E-state index in [1.165, 1.54) is 20.3 Å². The molecule has 0 aliphatic heterocycles. The largest absolute Gasteiger partial charge is 0.507 e. The third-order valence-corrected chi connectivity index (χ3v) is 4.00. The fourth-order valence-electron chi connectivity index (χ4n) is 2.54. The molecule has 2 rings (SSSR count). The number of ether oxygens (including phenoxy) is 3. The fraction of sp³-hybridized carbons (Fsp3) is 0.273. The monoisotopic (exact) mass is 419 g/mol. The number of ketones is 1. The molecule has 6 nitrogen and oxygen atoms in total. The van der Waals surface area contributed by atoms with Crippen LogP contribution in [-0.2, 0) is 11.2 Å². The van der Waals surface area contributed by atoms with Gasteiger partial charge >= 0.3 is 0 Å². The number of methoxy groups -OCH3 is 2. The van der Waals surface area contributed by atoms with E-state index in [0.717, 1.165) is 5.57 Å². The van der Waals surface area contributed by atoms with Crippen LogP contribution in [0.4, 0.5) is 0 Å². The number of phenolic OH excluding ortho intramolecular Hbond substituents is 1. The van der Waals surface area contributed by atoms with Crippen molar-refractivity contribution in [2.45, 2.75) is 20.3 Å². The molecule has 0 saturated heterocycles. The summed E-state index contributed by atoms with van der Waals surface area (Å²) in [6.07, 6.45) is 8.50. The van der Waals surface area contributed by atoms with Gasteiger partial charge in [-0.05, 0) is 44.6 Å². The highest BCUT2D eigenvalue weighted by Gasteiger charge is 2.18. The third kappa shape index (κ3) is 6.62. The van der Waals surface area contributed by atoms with Crippen LogP contribution in [0.15, 0.2) is 48.3 Å². The van der Waals surface area contributed by atoms with Gasteiger partial charge in [0.2, 0.25) is 0 Å². The molecule has 0 aliphatic carbocycles. The fourth-order valence-corrected chi connectivity index (χ4v) is 2.54. The minimum absolute atomic E-state index is 0. The maximum Gasteiger partial charge on any atom is 0.188 e. The number of aromatic hydroxyl groups is 1. The number of benzene rings is 1. The molecular formula is C22H26ClNO5. The lowest BCUT2D eigenvalue weighted by atomic mass is 10.0. The predicted molar refractivity (Wildman–Crippen MR) is 115 cm³/mol. The summed E-state index contributed by atoms with van der Waals surface area (Å²) in [6, 6.07) is 4.95. The van der Waals surface area contributed by atoms with Gasteiger partial charge in [-0.1, -0.05) is 11.6 Å². The van der Waals surface area contributed by atoms with E-state index in [4.69, 9.17) is 14.2 Å². The Morgan fingerprint density at radius 1 is 1.17 bits per heavy atom. The zero-order chi connectivity index (χ0) is 20.5. The molecule has 156 valence electrons. The van der Waals surface area contributed by atoms with E-state index < -0.39 is 0 Å². The van der Waals surface area contributed by atoms with Crippen molar-refractivity contribution in [3.05, 3.63) is 65.0 Å². The summed E-state index contributed by atoms with van der Waals surface area (Å²) in [5, 5.41) is 10.9. The molecule has 0 radical (unpaired) electrons. The average molecular weight is 420 g/mol. The normalized spacial score (nSPS) is 10.3. The third-order valence-electron chi connectivity index (χ3n) is 4.00. The Labute approximate surface area is 177 Å². The second-order valence-electron chi connectivity index (χ2n) is 6.29. The summed E-state index contributed by atoms with van der Waals surface area (Å²) in [4.78, 5) is 16.3. The second-order valence-corrected chi connectivity index (χ2v) is 6.29. The summed E-state index contributed by atoms with van der Waals surface area (Å²) in [7, 11) is 3.02. The Kier molecular flexibility index (Phi) is 9.92. The molecule has 1 aromatic heterocycles. The summed E-state index contributed by atoms with van der Waals surface area (Å²) in [6.45, 7) is 4.00. The maximum absolute atomic E-state index is 12.3. The molecule has 1 N–H and O–H groups in total. The van der Waals surface area contributed by atoms with Gasteiger partial charge in [0.15, 0.2) is 12.6 Å². The zero-order valence-electron chi connectivity index (χ0n) is 17.0. The summed E-state index contributed by atoms with van der Waals surface area (Å²) in [5.41, 5.74) is 2.62. The molecule has 2 aromatic rings. The van der Waals surface area contributed by atoms with Crippen molar-refractivity contribution in [2.75, 3.05) is 21.0 Å². The van der Waals surface area contributed by atoms with E-state index in [1.54, 1.807) is 36.7 Å². The molecule has 7 heteroatoms. The van der Waals surface area contributed by atoms with E-state index >= 15 is 0 Å². The van der Waals surface area contributed by atoms with E-state index in [1.807, 2.05) is 19.9 Å². The molecule has 0 bridgehead atoms. The van der Waals surface area contributed by atoms with E-state index in [9.17, 15) is 9.90 Å². The highest BCUT2D eigenvalue weighted by Crippen LogP contribution is 2.40. The van der Waals surface area contributed by atoms with Gasteiger partial charge in [0.05, 0.1) is 12.7 Å². The number of rotatable bonds is 9. The molecule has 0 atom stereocenters. The van der Waals surface area contributed by atoms with Crippen LogP contribution >= 0.6 is 12.4 Å². The van der Waals surface area contributed by atoms with Crippen LogP contribution < -0.4 is 9.47 Å². The number of hydrogen-bond acceptors (Lipinski definition) is 6. The Morgan fingerprint density at radius 2 is 1.86 bits per heavy atom. The molecule has 0 spiro atoms. The smallest absolute Gasteiger partial charge is 0.188 e. The van der Waals surface area contributed by atoms with Crippen LogP contribution in [0.2, 0.25) is 0 Å². The zero-order valence-corrected chi connectivity index (χ0v) is 17.8. The molecule has 0 aliphatic rings. The number of pyridine rings is 1. The quantitative estimate of drug-likeness (QED) is 0.277. The first kappa shape index (κ1) is 24.2. The van der Waals surface area contributed by atoms with E-state index in [0.29, 0.717) is 34.6 Å². The first-order valence-electron chi connectivity index (χ1n) is 8.78. The maximum atomic E-state index is 12.3. The van der Waals surface area contributed by atoms with Crippen molar-refractivity contribution in [1.82, 2.24) is 4.98 Å². The first-order valence-corrected chi connectivity index (χ1v) is 8.78. The Balaban J connectivity index is 0.00000420. The highest BCUT2D eigenvalue weighted by atomic mass is 35.5. The van der Waals surface area contributed by atoms with E-state index in [-0.39, 0.29) is 30.7 Å². The molecule has 0 fully saturated rings. The summed E-state index contributed by atoms with van der Waals surface area (Å²) in [5.74, 6) is 0.658. The number of phenols is 1. The van der Waals surface area contributed by atoms with Gasteiger partial charge in [-0.15, -0.1) is 12.4 Å². The number of halogens is 1. The lowest BCUT2D eigenvalue weighted by Crippen LogP contribution is -2.04. The number of hydrogen-bond donors (Lipinski definition) is 1.